The molecular weight excluding hydrogens is 347 g/mol. The van der Waals surface area contributed by atoms with Gasteiger partial charge >= 0.3 is 0 Å². The van der Waals surface area contributed by atoms with Gasteiger partial charge < -0.3 is 14.3 Å². The second-order valence-electron chi connectivity index (χ2n) is 6.67. The summed E-state index contributed by atoms with van der Waals surface area (Å²) in [4.78, 5) is 12.2. The molecule has 0 unspecified atom stereocenters. The van der Waals surface area contributed by atoms with Gasteiger partial charge in [0.2, 0.25) is 17.7 Å². The molecule has 0 aliphatic heterocycles. The first-order chi connectivity index (χ1) is 12.9. The Balaban J connectivity index is 1.84. The zero-order valence-corrected chi connectivity index (χ0v) is 15.9. The molecule has 1 N–H and O–H groups in total. The summed E-state index contributed by atoms with van der Waals surface area (Å²) >= 11 is 0. The largest absolute Gasteiger partial charge is 0.416 e. The van der Waals surface area contributed by atoms with Gasteiger partial charge in [0.15, 0.2) is 0 Å². The lowest BCUT2D eigenvalue weighted by Crippen LogP contribution is -2.35. The Hall–Kier alpha value is -2.96. The maximum atomic E-state index is 13.1. The molecule has 7 heteroatoms. The molecule has 0 spiro atoms. The lowest BCUT2D eigenvalue weighted by atomic mass is 10.2. The highest BCUT2D eigenvalue weighted by Gasteiger charge is 2.19. The van der Waals surface area contributed by atoms with Gasteiger partial charge in [-0.25, -0.2) is 4.39 Å². The van der Waals surface area contributed by atoms with Crippen LogP contribution in [-0.4, -0.2) is 26.7 Å². The Bertz CT molecular complexity index is 944. The molecule has 142 valence electrons. The average Bonchev–Trinajstić information content (AvgIpc) is 3.22. The molecule has 3 aromatic rings. The molecule has 3 rings (SSSR count). The number of carbonyl (C=O) groups is 1. The summed E-state index contributed by atoms with van der Waals surface area (Å²) in [6.45, 7) is 8.10. The number of benzene rings is 1. The number of nitrogens with zero attached hydrogens (tertiary/aromatic N) is 3. The van der Waals surface area contributed by atoms with E-state index in [1.807, 2.05) is 38.3 Å². The number of aryl methyl sites for hydroxylation is 1. The Morgan fingerprint density at radius 1 is 1.22 bits per heavy atom. The Kier molecular flexibility index (Phi) is 5.39. The van der Waals surface area contributed by atoms with E-state index >= 15 is 0 Å². The fourth-order valence-corrected chi connectivity index (χ4v) is 2.87. The van der Waals surface area contributed by atoms with Gasteiger partial charge in [0.05, 0.1) is 5.56 Å². The van der Waals surface area contributed by atoms with E-state index in [0.29, 0.717) is 17.3 Å². The highest BCUT2D eigenvalue weighted by Crippen LogP contribution is 2.28. The number of rotatable bonds is 6. The van der Waals surface area contributed by atoms with Gasteiger partial charge in [0.25, 0.3) is 0 Å². The third-order valence-electron chi connectivity index (χ3n) is 4.64. The number of hydrogen-bond acceptors (Lipinski definition) is 4. The van der Waals surface area contributed by atoms with E-state index in [4.69, 9.17) is 4.42 Å². The van der Waals surface area contributed by atoms with E-state index in [0.717, 1.165) is 23.4 Å². The van der Waals surface area contributed by atoms with Crippen molar-refractivity contribution in [2.24, 2.45) is 0 Å². The molecule has 0 bridgehead atoms. The SMILES string of the molecule is CC[C@H](C)NC(=O)Cn1c(C)cc(-c2nnc(-c3ccc(F)cc3)o2)c1C. The molecule has 2 aromatic heterocycles. The first-order valence-electron chi connectivity index (χ1n) is 8.95. The van der Waals surface area contributed by atoms with Gasteiger partial charge in [-0.1, -0.05) is 6.92 Å². The van der Waals surface area contributed by atoms with E-state index < -0.39 is 0 Å². The van der Waals surface area contributed by atoms with Crippen molar-refractivity contribution < 1.29 is 13.6 Å². The van der Waals surface area contributed by atoms with Crippen LogP contribution in [0.3, 0.4) is 0 Å². The summed E-state index contributed by atoms with van der Waals surface area (Å²) in [6, 6.07) is 7.95. The molecule has 0 saturated heterocycles. The molecule has 0 aliphatic rings. The summed E-state index contributed by atoms with van der Waals surface area (Å²) in [5.74, 6) is 0.341. The zero-order valence-electron chi connectivity index (χ0n) is 15.9. The molecule has 2 heterocycles. The van der Waals surface area contributed by atoms with Crippen molar-refractivity contribution in [2.45, 2.75) is 46.7 Å². The molecule has 0 fully saturated rings. The van der Waals surface area contributed by atoms with Crippen LogP contribution in [0.2, 0.25) is 0 Å². The van der Waals surface area contributed by atoms with E-state index in [2.05, 4.69) is 15.5 Å². The van der Waals surface area contributed by atoms with Crippen LogP contribution in [0.1, 0.15) is 31.7 Å². The van der Waals surface area contributed by atoms with Crippen LogP contribution in [0.15, 0.2) is 34.7 Å². The molecule has 1 atom stereocenters. The number of carbonyl (C=O) groups excluding carboxylic acids is 1. The fraction of sp³-hybridized carbons (Fsp3) is 0.350. The van der Waals surface area contributed by atoms with Crippen LogP contribution < -0.4 is 5.32 Å². The van der Waals surface area contributed by atoms with Gasteiger partial charge in [0, 0.05) is 23.0 Å². The topological polar surface area (TPSA) is 73.0 Å². The van der Waals surface area contributed by atoms with Crippen molar-refractivity contribution in [1.29, 1.82) is 0 Å². The van der Waals surface area contributed by atoms with E-state index in [1.165, 1.54) is 12.1 Å². The van der Waals surface area contributed by atoms with E-state index in [9.17, 15) is 9.18 Å². The van der Waals surface area contributed by atoms with Gasteiger partial charge in [-0.3, -0.25) is 4.79 Å². The first kappa shape index (κ1) is 18.8. The van der Waals surface area contributed by atoms with Crippen LogP contribution in [0, 0.1) is 19.7 Å². The number of hydrogen-bond donors (Lipinski definition) is 1. The highest BCUT2D eigenvalue weighted by atomic mass is 19.1. The van der Waals surface area contributed by atoms with Crippen molar-refractivity contribution in [2.75, 3.05) is 0 Å². The Morgan fingerprint density at radius 2 is 1.89 bits per heavy atom. The summed E-state index contributed by atoms with van der Waals surface area (Å²) in [6.07, 6.45) is 0.884. The predicted molar refractivity (Wildman–Crippen MR) is 100 cm³/mol. The van der Waals surface area contributed by atoms with Crippen molar-refractivity contribution >= 4 is 5.91 Å². The van der Waals surface area contributed by atoms with Crippen LogP contribution in [0.4, 0.5) is 4.39 Å². The van der Waals surface area contributed by atoms with Crippen LogP contribution in [0.25, 0.3) is 22.9 Å². The smallest absolute Gasteiger partial charge is 0.249 e. The molecule has 6 nitrogen and oxygen atoms in total. The minimum absolute atomic E-state index is 0.0322. The summed E-state index contributed by atoms with van der Waals surface area (Å²) in [5.41, 5.74) is 3.24. The number of nitrogens with one attached hydrogen (secondary N) is 1. The Morgan fingerprint density at radius 3 is 2.56 bits per heavy atom. The number of amides is 1. The fourth-order valence-electron chi connectivity index (χ4n) is 2.87. The molecule has 1 amide bonds. The van der Waals surface area contributed by atoms with Crippen molar-refractivity contribution in [3.63, 3.8) is 0 Å². The lowest BCUT2D eigenvalue weighted by Gasteiger charge is -2.14. The number of aromatic nitrogens is 3. The van der Waals surface area contributed by atoms with Gasteiger partial charge in [0.1, 0.15) is 12.4 Å². The monoisotopic (exact) mass is 370 g/mol. The highest BCUT2D eigenvalue weighted by molar-refractivity contribution is 5.76. The minimum Gasteiger partial charge on any atom is -0.416 e. The van der Waals surface area contributed by atoms with Gasteiger partial charge in [-0.05, 0) is 57.5 Å². The standard InChI is InChI=1S/C20H23FN4O2/c1-5-12(2)22-18(26)11-25-13(3)10-17(14(25)4)20-24-23-19(27-20)15-6-8-16(21)9-7-15/h6-10,12H,5,11H2,1-4H3,(H,22,26)/t12-/m0/s1. The molecule has 27 heavy (non-hydrogen) atoms. The Labute approximate surface area is 157 Å². The molecule has 0 saturated carbocycles. The minimum atomic E-state index is -0.322. The quantitative estimate of drug-likeness (QED) is 0.715. The molecule has 1 aromatic carbocycles. The summed E-state index contributed by atoms with van der Waals surface area (Å²) in [5, 5.41) is 11.1. The summed E-state index contributed by atoms with van der Waals surface area (Å²) < 4.78 is 20.8. The normalized spacial score (nSPS) is 12.2. The molecule has 0 radical (unpaired) electrons. The maximum absolute atomic E-state index is 13.1. The third kappa shape index (κ3) is 4.07. The van der Waals surface area contributed by atoms with Crippen LogP contribution in [-0.2, 0) is 11.3 Å². The summed E-state index contributed by atoms with van der Waals surface area (Å²) in [7, 11) is 0. The van der Waals surface area contributed by atoms with Crippen molar-refractivity contribution in [3.8, 4) is 22.9 Å². The second-order valence-corrected chi connectivity index (χ2v) is 6.67. The first-order valence-corrected chi connectivity index (χ1v) is 8.95. The maximum Gasteiger partial charge on any atom is 0.249 e. The van der Waals surface area contributed by atoms with Crippen molar-refractivity contribution in [3.05, 3.63) is 47.5 Å². The molecule has 0 aliphatic carbocycles. The van der Waals surface area contributed by atoms with Crippen molar-refractivity contribution in [1.82, 2.24) is 20.1 Å². The lowest BCUT2D eigenvalue weighted by molar-refractivity contribution is -0.122. The van der Waals surface area contributed by atoms with E-state index in [-0.39, 0.29) is 24.3 Å². The van der Waals surface area contributed by atoms with Crippen LogP contribution in [0.5, 0.6) is 0 Å². The second kappa shape index (κ2) is 7.73. The average molecular weight is 370 g/mol. The zero-order chi connectivity index (χ0) is 19.6. The predicted octanol–water partition coefficient (Wildman–Crippen LogP) is 3.88. The number of halogens is 1. The molecular formula is C20H23FN4O2. The van der Waals surface area contributed by atoms with Gasteiger partial charge in [-0.15, -0.1) is 10.2 Å². The third-order valence-corrected chi connectivity index (χ3v) is 4.64. The van der Waals surface area contributed by atoms with Crippen LogP contribution >= 0.6 is 0 Å². The van der Waals surface area contributed by atoms with Gasteiger partial charge in [-0.2, -0.15) is 0 Å². The van der Waals surface area contributed by atoms with E-state index in [1.54, 1.807) is 12.1 Å².